The van der Waals surface area contributed by atoms with Gasteiger partial charge in [-0.2, -0.15) is 5.10 Å². The molecule has 0 spiro atoms. The zero-order chi connectivity index (χ0) is 22.9. The van der Waals surface area contributed by atoms with Crippen LogP contribution in [0.25, 0.3) is 5.57 Å². The molecule has 1 heterocycles. The second-order valence-corrected chi connectivity index (χ2v) is 8.68. The summed E-state index contributed by atoms with van der Waals surface area (Å²) in [5, 5.41) is 15.0. The van der Waals surface area contributed by atoms with Crippen LogP contribution in [0.3, 0.4) is 0 Å². The van der Waals surface area contributed by atoms with Crippen LogP contribution in [0.2, 0.25) is 0 Å². The zero-order valence-electron chi connectivity index (χ0n) is 18.8. The molecule has 1 aliphatic heterocycles. The number of aryl methyl sites for hydroxylation is 1. The molecule has 0 aromatic heterocycles. The number of hydrogen-bond acceptors (Lipinski definition) is 5. The summed E-state index contributed by atoms with van der Waals surface area (Å²) in [4.78, 5) is 25.1. The first kappa shape index (κ1) is 22.2. The third kappa shape index (κ3) is 4.50. The molecule has 3 rings (SSSR count). The lowest BCUT2D eigenvalue weighted by molar-refractivity contribution is -0.384. The number of amides is 1. The van der Waals surface area contributed by atoms with E-state index in [0.717, 1.165) is 16.7 Å². The smallest absolute Gasteiger partial charge is 0.271 e. The summed E-state index contributed by atoms with van der Waals surface area (Å²) in [7, 11) is 0. The molecule has 0 atom stereocenters. The Bertz CT molecular complexity index is 1100. The number of hydrogen-bond donors (Lipinski definition) is 1. The van der Waals surface area contributed by atoms with Crippen molar-refractivity contribution in [3.8, 4) is 0 Å². The highest BCUT2D eigenvalue weighted by molar-refractivity contribution is 5.96. The van der Waals surface area contributed by atoms with Crippen LogP contribution in [-0.4, -0.2) is 28.6 Å². The number of fused-ring (bicyclic) bond motifs is 1. The van der Waals surface area contributed by atoms with Crippen LogP contribution in [-0.2, 0) is 0 Å². The van der Waals surface area contributed by atoms with E-state index in [2.05, 4.69) is 68.3 Å². The number of carbonyl (C=O) groups excluding carboxylic acids is 1. The number of non-ortho nitro benzene ring substituents is 1. The monoisotopic (exact) mass is 420 g/mol. The van der Waals surface area contributed by atoms with Crippen molar-refractivity contribution in [1.29, 1.82) is 0 Å². The van der Waals surface area contributed by atoms with E-state index < -0.39 is 10.8 Å². The standard InChI is InChI=1S/C24H28N4O3/c1-15(2)27-22-10-16(3)19(12-21(22)17(4)13-24(27,5)6)14-25-26-23(29)18-8-7-9-20(11-18)28(30)31/h7-15H,1-6H3,(H,26,29)/b25-14+. The van der Waals surface area contributed by atoms with Gasteiger partial charge in [0, 0.05) is 35.0 Å². The van der Waals surface area contributed by atoms with Crippen molar-refractivity contribution < 1.29 is 9.72 Å². The van der Waals surface area contributed by atoms with Gasteiger partial charge in [0.1, 0.15) is 0 Å². The number of hydrazone groups is 1. The largest absolute Gasteiger partial charge is 0.360 e. The molecule has 7 nitrogen and oxygen atoms in total. The van der Waals surface area contributed by atoms with Gasteiger partial charge < -0.3 is 4.90 Å². The molecule has 0 fully saturated rings. The van der Waals surface area contributed by atoms with Crippen LogP contribution in [0.15, 0.2) is 47.6 Å². The summed E-state index contributed by atoms with van der Waals surface area (Å²) in [6.45, 7) is 12.9. The summed E-state index contributed by atoms with van der Waals surface area (Å²) in [5.74, 6) is -0.501. The van der Waals surface area contributed by atoms with Crippen LogP contribution >= 0.6 is 0 Å². The minimum atomic E-state index is -0.534. The number of benzene rings is 2. The summed E-state index contributed by atoms with van der Waals surface area (Å²) >= 11 is 0. The number of anilines is 1. The summed E-state index contributed by atoms with van der Waals surface area (Å²) < 4.78 is 0. The van der Waals surface area contributed by atoms with Crippen LogP contribution in [0, 0.1) is 17.0 Å². The second-order valence-electron chi connectivity index (χ2n) is 8.68. The van der Waals surface area contributed by atoms with Gasteiger partial charge in [-0.25, -0.2) is 5.43 Å². The highest BCUT2D eigenvalue weighted by Gasteiger charge is 2.33. The molecule has 162 valence electrons. The SMILES string of the molecule is CC1=CC(C)(C)N(C(C)C)c2cc(C)c(/C=N/NC(=O)c3cccc([N+](=O)[O-])c3)cc21. The van der Waals surface area contributed by atoms with Crippen molar-refractivity contribution in [2.45, 2.75) is 53.1 Å². The Morgan fingerprint density at radius 3 is 2.58 bits per heavy atom. The van der Waals surface area contributed by atoms with Crippen LogP contribution in [0.1, 0.15) is 61.7 Å². The topological polar surface area (TPSA) is 87.8 Å². The van der Waals surface area contributed by atoms with E-state index in [1.54, 1.807) is 6.21 Å². The van der Waals surface area contributed by atoms with Crippen molar-refractivity contribution in [3.05, 3.63) is 74.8 Å². The predicted octanol–water partition coefficient (Wildman–Crippen LogP) is 5.08. The van der Waals surface area contributed by atoms with Gasteiger partial charge in [-0.05, 0) is 76.4 Å². The molecule has 0 saturated heterocycles. The molecule has 2 aromatic rings. The van der Waals surface area contributed by atoms with E-state index in [9.17, 15) is 14.9 Å². The molecule has 2 aromatic carbocycles. The Morgan fingerprint density at radius 1 is 1.23 bits per heavy atom. The highest BCUT2D eigenvalue weighted by atomic mass is 16.6. The van der Waals surface area contributed by atoms with Gasteiger partial charge in [-0.15, -0.1) is 0 Å². The highest BCUT2D eigenvalue weighted by Crippen LogP contribution is 2.41. The number of nitrogens with one attached hydrogen (secondary N) is 1. The van der Waals surface area contributed by atoms with E-state index in [-0.39, 0.29) is 16.8 Å². The van der Waals surface area contributed by atoms with Crippen molar-refractivity contribution in [2.24, 2.45) is 5.10 Å². The third-order valence-corrected chi connectivity index (χ3v) is 5.46. The summed E-state index contributed by atoms with van der Waals surface area (Å²) in [5.41, 5.74) is 7.89. The van der Waals surface area contributed by atoms with Crippen LogP contribution in [0.4, 0.5) is 11.4 Å². The van der Waals surface area contributed by atoms with E-state index in [0.29, 0.717) is 6.04 Å². The van der Waals surface area contributed by atoms with Gasteiger partial charge in [0.05, 0.1) is 16.7 Å². The molecule has 7 heteroatoms. The van der Waals surface area contributed by atoms with Gasteiger partial charge in [0.25, 0.3) is 11.6 Å². The van der Waals surface area contributed by atoms with Crippen molar-refractivity contribution in [2.75, 3.05) is 4.90 Å². The quantitative estimate of drug-likeness (QED) is 0.415. The van der Waals surface area contributed by atoms with Gasteiger partial charge in [0.2, 0.25) is 0 Å². The summed E-state index contributed by atoms with van der Waals surface area (Å²) in [6.07, 6.45) is 3.88. The fraction of sp³-hybridized carbons (Fsp3) is 0.333. The predicted molar refractivity (Wildman–Crippen MR) is 125 cm³/mol. The van der Waals surface area contributed by atoms with E-state index in [1.165, 1.54) is 35.5 Å². The average Bonchev–Trinajstić information content (AvgIpc) is 2.67. The fourth-order valence-electron chi connectivity index (χ4n) is 4.28. The fourth-order valence-corrected chi connectivity index (χ4v) is 4.28. The van der Waals surface area contributed by atoms with Crippen molar-refractivity contribution >= 4 is 29.1 Å². The average molecular weight is 421 g/mol. The maximum atomic E-state index is 12.3. The van der Waals surface area contributed by atoms with Gasteiger partial charge >= 0.3 is 0 Å². The number of nitro benzene ring substituents is 1. The van der Waals surface area contributed by atoms with E-state index >= 15 is 0 Å². The zero-order valence-corrected chi connectivity index (χ0v) is 18.8. The molecule has 1 amide bonds. The van der Waals surface area contributed by atoms with Crippen LogP contribution < -0.4 is 10.3 Å². The Hall–Kier alpha value is -3.48. The minimum absolute atomic E-state index is 0.0838. The molecular weight excluding hydrogens is 392 g/mol. The molecule has 0 saturated carbocycles. The number of nitrogens with zero attached hydrogens (tertiary/aromatic N) is 3. The number of carbonyl (C=O) groups is 1. The van der Waals surface area contributed by atoms with Gasteiger partial charge in [-0.3, -0.25) is 14.9 Å². The van der Waals surface area contributed by atoms with Crippen molar-refractivity contribution in [3.63, 3.8) is 0 Å². The molecule has 1 N–H and O–H groups in total. The first-order chi connectivity index (χ1) is 14.5. The van der Waals surface area contributed by atoms with Gasteiger partial charge in [0.15, 0.2) is 0 Å². The normalized spacial score (nSPS) is 15.1. The lowest BCUT2D eigenvalue weighted by Gasteiger charge is -2.46. The third-order valence-electron chi connectivity index (χ3n) is 5.46. The van der Waals surface area contributed by atoms with Crippen molar-refractivity contribution in [1.82, 2.24) is 5.43 Å². The molecular formula is C24H28N4O3. The summed E-state index contributed by atoms with van der Waals surface area (Å²) in [6, 6.07) is 10.1. The Labute approximate surface area is 182 Å². The molecule has 0 radical (unpaired) electrons. The Morgan fingerprint density at radius 2 is 1.94 bits per heavy atom. The first-order valence-corrected chi connectivity index (χ1v) is 10.2. The molecule has 0 unspecified atom stereocenters. The molecule has 0 bridgehead atoms. The lowest BCUT2D eigenvalue weighted by atomic mass is 9.86. The van der Waals surface area contributed by atoms with Crippen LogP contribution in [0.5, 0.6) is 0 Å². The minimum Gasteiger partial charge on any atom is -0.360 e. The number of nitro groups is 1. The maximum Gasteiger partial charge on any atom is 0.271 e. The van der Waals surface area contributed by atoms with Gasteiger partial charge in [-0.1, -0.05) is 12.1 Å². The second kappa shape index (κ2) is 8.34. The van der Waals surface area contributed by atoms with E-state index in [1.807, 2.05) is 6.92 Å². The van der Waals surface area contributed by atoms with E-state index in [4.69, 9.17) is 0 Å². The molecule has 1 aliphatic rings. The molecule has 31 heavy (non-hydrogen) atoms. The number of allylic oxidation sites excluding steroid dienone is 1. The lowest BCUT2D eigenvalue weighted by Crippen LogP contribution is -2.49. The Kier molecular flexibility index (Phi) is 5.97. The number of rotatable bonds is 5. The first-order valence-electron chi connectivity index (χ1n) is 10.2. The Balaban J connectivity index is 1.86. The maximum absolute atomic E-state index is 12.3. The molecule has 0 aliphatic carbocycles.